The maximum Gasteiger partial charge on any atom is 0.152 e. The number of carbonyl (C=O) groups excluding carboxylic acids is 1. The zero-order valence-electron chi connectivity index (χ0n) is 12.0. The molecule has 1 aromatic heterocycles. The predicted octanol–water partition coefficient (Wildman–Crippen LogP) is 2.27. The molecule has 2 heterocycles. The fourth-order valence-corrected chi connectivity index (χ4v) is 2.80. The van der Waals surface area contributed by atoms with Crippen LogP contribution >= 0.6 is 0 Å². The highest BCUT2D eigenvalue weighted by Crippen LogP contribution is 2.28. The van der Waals surface area contributed by atoms with Crippen molar-refractivity contribution in [2.75, 3.05) is 13.1 Å². The number of piperidine rings is 1. The SMILES string of the molecule is CC(C)C(=O)[C@H](C)N1CCC(c2cncnc2)CC1. The molecule has 1 aliphatic heterocycles. The van der Waals surface area contributed by atoms with Gasteiger partial charge in [0.15, 0.2) is 5.78 Å². The molecule has 104 valence electrons. The van der Waals surface area contributed by atoms with Crippen molar-refractivity contribution in [2.45, 2.75) is 45.6 Å². The zero-order valence-corrected chi connectivity index (χ0v) is 12.0. The number of ketones is 1. The van der Waals surface area contributed by atoms with Crippen LogP contribution in [0.4, 0.5) is 0 Å². The lowest BCUT2D eigenvalue weighted by atomic mass is 9.89. The van der Waals surface area contributed by atoms with Gasteiger partial charge in [0.1, 0.15) is 6.33 Å². The molecule has 0 spiro atoms. The van der Waals surface area contributed by atoms with Gasteiger partial charge in [-0.05, 0) is 44.3 Å². The van der Waals surface area contributed by atoms with Crippen LogP contribution < -0.4 is 0 Å². The Morgan fingerprint density at radius 3 is 2.32 bits per heavy atom. The van der Waals surface area contributed by atoms with E-state index in [0.717, 1.165) is 25.9 Å². The molecule has 1 saturated heterocycles. The van der Waals surface area contributed by atoms with Crippen molar-refractivity contribution in [3.8, 4) is 0 Å². The van der Waals surface area contributed by atoms with E-state index >= 15 is 0 Å². The first-order valence-electron chi connectivity index (χ1n) is 7.12. The summed E-state index contributed by atoms with van der Waals surface area (Å²) in [5, 5.41) is 0. The topological polar surface area (TPSA) is 46.1 Å². The van der Waals surface area contributed by atoms with Crippen molar-refractivity contribution in [1.29, 1.82) is 0 Å². The maximum atomic E-state index is 12.0. The van der Waals surface area contributed by atoms with Crippen molar-refractivity contribution in [2.24, 2.45) is 5.92 Å². The van der Waals surface area contributed by atoms with Crippen LogP contribution in [0.2, 0.25) is 0 Å². The van der Waals surface area contributed by atoms with E-state index in [4.69, 9.17) is 0 Å². The second-order valence-corrected chi connectivity index (χ2v) is 5.72. The lowest BCUT2D eigenvalue weighted by Gasteiger charge is -2.35. The largest absolute Gasteiger partial charge is 0.298 e. The molecule has 4 heteroatoms. The van der Waals surface area contributed by atoms with E-state index in [-0.39, 0.29) is 12.0 Å². The number of Topliss-reactive ketones (excluding diaryl/α,β-unsaturated/α-hetero) is 1. The van der Waals surface area contributed by atoms with Gasteiger partial charge in [-0.15, -0.1) is 0 Å². The summed E-state index contributed by atoms with van der Waals surface area (Å²) in [6, 6.07) is 0.0490. The van der Waals surface area contributed by atoms with Gasteiger partial charge < -0.3 is 0 Å². The van der Waals surface area contributed by atoms with Crippen LogP contribution in [0.3, 0.4) is 0 Å². The molecule has 4 nitrogen and oxygen atoms in total. The van der Waals surface area contributed by atoms with Crippen LogP contribution in [-0.2, 0) is 4.79 Å². The summed E-state index contributed by atoms with van der Waals surface area (Å²) in [5.74, 6) is 1.01. The Morgan fingerprint density at radius 2 is 1.79 bits per heavy atom. The third kappa shape index (κ3) is 3.38. The fourth-order valence-electron chi connectivity index (χ4n) is 2.80. The van der Waals surface area contributed by atoms with Gasteiger partial charge in [0.25, 0.3) is 0 Å². The Labute approximate surface area is 115 Å². The van der Waals surface area contributed by atoms with Gasteiger partial charge in [-0.2, -0.15) is 0 Å². The highest BCUT2D eigenvalue weighted by atomic mass is 16.1. The molecule has 0 amide bonds. The van der Waals surface area contributed by atoms with E-state index in [1.54, 1.807) is 6.33 Å². The van der Waals surface area contributed by atoms with Crippen LogP contribution in [-0.4, -0.2) is 39.8 Å². The van der Waals surface area contributed by atoms with Crippen molar-refractivity contribution >= 4 is 5.78 Å². The molecule has 1 atom stereocenters. The summed E-state index contributed by atoms with van der Waals surface area (Å²) in [4.78, 5) is 22.5. The van der Waals surface area contributed by atoms with E-state index in [0.29, 0.717) is 11.7 Å². The van der Waals surface area contributed by atoms with Crippen LogP contribution in [0.25, 0.3) is 0 Å². The summed E-state index contributed by atoms with van der Waals surface area (Å²) < 4.78 is 0. The van der Waals surface area contributed by atoms with E-state index in [2.05, 4.69) is 14.9 Å². The number of carbonyl (C=O) groups is 1. The molecule has 2 rings (SSSR count). The molecule has 0 radical (unpaired) electrons. The van der Waals surface area contributed by atoms with Crippen molar-refractivity contribution in [1.82, 2.24) is 14.9 Å². The predicted molar refractivity (Wildman–Crippen MR) is 74.9 cm³/mol. The number of aromatic nitrogens is 2. The fraction of sp³-hybridized carbons (Fsp3) is 0.667. The lowest BCUT2D eigenvalue weighted by molar-refractivity contribution is -0.127. The summed E-state index contributed by atoms with van der Waals surface area (Å²) in [6.45, 7) is 7.96. The minimum Gasteiger partial charge on any atom is -0.298 e. The molecular formula is C15H23N3O. The molecule has 1 aromatic rings. The van der Waals surface area contributed by atoms with Crippen LogP contribution in [0, 0.1) is 5.92 Å². The smallest absolute Gasteiger partial charge is 0.152 e. The Hall–Kier alpha value is -1.29. The van der Waals surface area contributed by atoms with Gasteiger partial charge in [-0.3, -0.25) is 9.69 Å². The first kappa shape index (κ1) is 14.1. The monoisotopic (exact) mass is 261 g/mol. The molecule has 0 bridgehead atoms. The van der Waals surface area contributed by atoms with Gasteiger partial charge >= 0.3 is 0 Å². The number of hydrogen-bond donors (Lipinski definition) is 0. The number of nitrogens with zero attached hydrogens (tertiary/aromatic N) is 3. The molecule has 0 saturated carbocycles. The first-order valence-corrected chi connectivity index (χ1v) is 7.12. The van der Waals surface area contributed by atoms with E-state index in [9.17, 15) is 4.79 Å². The van der Waals surface area contributed by atoms with E-state index in [1.807, 2.05) is 33.2 Å². The van der Waals surface area contributed by atoms with Crippen LogP contribution in [0.1, 0.15) is 45.1 Å². The molecule has 0 N–H and O–H groups in total. The Bertz CT molecular complexity index is 411. The first-order chi connectivity index (χ1) is 9.09. The summed E-state index contributed by atoms with van der Waals surface area (Å²) in [7, 11) is 0. The molecule has 0 aromatic carbocycles. The lowest BCUT2D eigenvalue weighted by Crippen LogP contribution is -2.44. The quantitative estimate of drug-likeness (QED) is 0.834. The zero-order chi connectivity index (χ0) is 13.8. The number of likely N-dealkylation sites (tertiary alicyclic amines) is 1. The second-order valence-electron chi connectivity index (χ2n) is 5.72. The summed E-state index contributed by atoms with van der Waals surface area (Å²) >= 11 is 0. The van der Waals surface area contributed by atoms with Crippen molar-refractivity contribution in [3.05, 3.63) is 24.3 Å². The third-order valence-electron chi connectivity index (χ3n) is 4.11. The maximum absolute atomic E-state index is 12.0. The Morgan fingerprint density at radius 1 is 1.21 bits per heavy atom. The third-order valence-corrected chi connectivity index (χ3v) is 4.11. The normalized spacial score (nSPS) is 19.6. The number of hydrogen-bond acceptors (Lipinski definition) is 4. The van der Waals surface area contributed by atoms with Crippen molar-refractivity contribution in [3.63, 3.8) is 0 Å². The summed E-state index contributed by atoms with van der Waals surface area (Å²) in [5.41, 5.74) is 1.23. The molecule has 1 fully saturated rings. The van der Waals surface area contributed by atoms with Gasteiger partial charge in [0, 0.05) is 18.3 Å². The second kappa shape index (κ2) is 6.24. The highest BCUT2D eigenvalue weighted by molar-refractivity contribution is 5.85. The van der Waals surface area contributed by atoms with Crippen molar-refractivity contribution < 1.29 is 4.79 Å². The average Bonchev–Trinajstić information content (AvgIpc) is 2.46. The van der Waals surface area contributed by atoms with E-state index in [1.165, 1.54) is 5.56 Å². The van der Waals surface area contributed by atoms with Gasteiger partial charge in [0.2, 0.25) is 0 Å². The standard InChI is InChI=1S/C15H23N3O/c1-11(2)15(19)12(3)18-6-4-13(5-7-18)14-8-16-10-17-9-14/h8-13H,4-7H2,1-3H3/t12-/m0/s1. The van der Waals surface area contributed by atoms with E-state index < -0.39 is 0 Å². The number of rotatable bonds is 4. The Balaban J connectivity index is 1.91. The van der Waals surface area contributed by atoms with Gasteiger partial charge in [0.05, 0.1) is 6.04 Å². The molecular weight excluding hydrogens is 238 g/mol. The minimum atomic E-state index is 0.0490. The molecule has 0 aliphatic carbocycles. The highest BCUT2D eigenvalue weighted by Gasteiger charge is 2.28. The minimum absolute atomic E-state index is 0.0490. The summed E-state index contributed by atoms with van der Waals surface area (Å²) in [6.07, 6.45) is 7.57. The van der Waals surface area contributed by atoms with Crippen LogP contribution in [0.15, 0.2) is 18.7 Å². The molecule has 0 unspecified atom stereocenters. The van der Waals surface area contributed by atoms with Gasteiger partial charge in [-0.1, -0.05) is 13.8 Å². The molecule has 19 heavy (non-hydrogen) atoms. The van der Waals surface area contributed by atoms with Gasteiger partial charge in [-0.25, -0.2) is 9.97 Å². The Kier molecular flexibility index (Phi) is 4.64. The average molecular weight is 261 g/mol. The van der Waals surface area contributed by atoms with Crippen LogP contribution in [0.5, 0.6) is 0 Å². The molecule has 1 aliphatic rings.